The number of rotatable bonds is 5. The van der Waals surface area contributed by atoms with Gasteiger partial charge in [0.15, 0.2) is 0 Å². The zero-order valence-corrected chi connectivity index (χ0v) is 18.2. The minimum atomic E-state index is 0.000640. The summed E-state index contributed by atoms with van der Waals surface area (Å²) in [5.74, 6) is 1.66. The van der Waals surface area contributed by atoms with E-state index in [0.29, 0.717) is 23.6 Å². The summed E-state index contributed by atoms with van der Waals surface area (Å²) < 4.78 is 7.68. The maximum absolute atomic E-state index is 12.7. The molecule has 0 radical (unpaired) electrons. The third-order valence-corrected chi connectivity index (χ3v) is 6.39. The normalized spacial score (nSPS) is 15.7. The van der Waals surface area contributed by atoms with Crippen molar-refractivity contribution >= 4 is 45.7 Å². The van der Waals surface area contributed by atoms with E-state index in [1.54, 1.807) is 23.0 Å². The smallest absolute Gasteiger partial charge is 0.255 e. The van der Waals surface area contributed by atoms with E-state index >= 15 is 0 Å². The molecule has 0 unspecified atom stereocenters. The van der Waals surface area contributed by atoms with Gasteiger partial charge in [-0.05, 0) is 50.3 Å². The minimum Gasteiger partial charge on any atom is -0.353 e. The van der Waals surface area contributed by atoms with Crippen LogP contribution in [0.5, 0.6) is 0 Å². The third kappa shape index (κ3) is 4.20. The lowest BCUT2D eigenvalue weighted by molar-refractivity contribution is 0.247. The van der Waals surface area contributed by atoms with Crippen LogP contribution in [0.25, 0.3) is 10.1 Å². The van der Waals surface area contributed by atoms with Gasteiger partial charge in [-0.25, -0.2) is 9.98 Å². The first-order chi connectivity index (χ1) is 14.6. The Morgan fingerprint density at radius 3 is 2.70 bits per heavy atom. The predicted octanol–water partition coefficient (Wildman–Crippen LogP) is 3.34. The second kappa shape index (κ2) is 8.89. The van der Waals surface area contributed by atoms with Crippen LogP contribution in [-0.4, -0.2) is 59.1 Å². The topological polar surface area (TPSA) is 66.1 Å². The molecule has 0 N–H and O–H groups in total. The van der Waals surface area contributed by atoms with Crippen LogP contribution in [0, 0.1) is 6.92 Å². The molecular weight excluding hydrogens is 396 g/mol. The predicted molar refractivity (Wildman–Crippen MR) is 126 cm³/mol. The fourth-order valence-corrected chi connectivity index (χ4v) is 4.51. The first-order valence-corrected chi connectivity index (χ1v) is 10.9. The lowest BCUT2D eigenvalue weighted by Gasteiger charge is -2.35. The Bertz CT molecular complexity index is 1140. The number of benzene rings is 1. The largest absolute Gasteiger partial charge is 0.353 e. The zero-order chi connectivity index (χ0) is 21.1. The standard InChI is InChI=1S/C22H26N6OS/c1-16-19(24-17(2)23-3)8-9-28(22(16)29)15-12-26-10-13-27(14-11-26)21-18-6-4-5-7-20(18)30-25-21/h4-9H,3,10-15H2,1-2H3/b24-17-. The summed E-state index contributed by atoms with van der Waals surface area (Å²) in [5.41, 5.74) is 1.30. The molecular formula is C22H26N6OS. The highest BCUT2D eigenvalue weighted by Gasteiger charge is 2.20. The van der Waals surface area contributed by atoms with Crippen molar-refractivity contribution in [3.8, 4) is 0 Å². The van der Waals surface area contributed by atoms with E-state index in [1.807, 2.05) is 19.2 Å². The molecule has 3 heterocycles. The van der Waals surface area contributed by atoms with E-state index in [0.717, 1.165) is 38.5 Å². The monoisotopic (exact) mass is 422 g/mol. The number of anilines is 1. The number of fused-ring (bicyclic) bond motifs is 1. The van der Waals surface area contributed by atoms with Crippen LogP contribution in [0.4, 0.5) is 11.5 Å². The molecule has 156 valence electrons. The van der Waals surface area contributed by atoms with Crippen molar-refractivity contribution in [1.82, 2.24) is 13.8 Å². The van der Waals surface area contributed by atoms with E-state index in [4.69, 9.17) is 0 Å². The Labute approximate surface area is 180 Å². The number of pyridine rings is 1. The van der Waals surface area contributed by atoms with Gasteiger partial charge in [-0.15, -0.1) is 0 Å². The molecule has 4 rings (SSSR count). The molecule has 0 atom stereocenters. The number of amidine groups is 1. The number of hydrogen-bond donors (Lipinski definition) is 0. The van der Waals surface area contributed by atoms with Gasteiger partial charge < -0.3 is 9.47 Å². The van der Waals surface area contributed by atoms with E-state index < -0.39 is 0 Å². The van der Waals surface area contributed by atoms with Gasteiger partial charge >= 0.3 is 0 Å². The number of aromatic nitrogens is 2. The Balaban J connectivity index is 1.36. The van der Waals surface area contributed by atoms with Crippen LogP contribution in [0.1, 0.15) is 12.5 Å². The summed E-state index contributed by atoms with van der Waals surface area (Å²) >= 11 is 1.56. The van der Waals surface area contributed by atoms with Gasteiger partial charge in [0.25, 0.3) is 5.56 Å². The van der Waals surface area contributed by atoms with Crippen molar-refractivity contribution in [3.05, 3.63) is 52.4 Å². The summed E-state index contributed by atoms with van der Waals surface area (Å²) in [6.45, 7) is 12.4. The quantitative estimate of drug-likeness (QED) is 0.467. The van der Waals surface area contributed by atoms with Crippen LogP contribution in [0.15, 0.2) is 51.3 Å². The molecule has 1 aromatic carbocycles. The maximum Gasteiger partial charge on any atom is 0.255 e. The van der Waals surface area contributed by atoms with Crippen molar-refractivity contribution in [2.24, 2.45) is 9.98 Å². The number of hydrogen-bond acceptors (Lipinski definition) is 6. The van der Waals surface area contributed by atoms with Crippen LogP contribution in [-0.2, 0) is 6.54 Å². The fourth-order valence-electron chi connectivity index (χ4n) is 3.72. The first-order valence-electron chi connectivity index (χ1n) is 10.1. The van der Waals surface area contributed by atoms with Gasteiger partial charge in [-0.2, -0.15) is 4.37 Å². The van der Waals surface area contributed by atoms with E-state index in [2.05, 4.69) is 55.1 Å². The molecule has 0 bridgehead atoms. The molecule has 0 saturated carbocycles. The van der Waals surface area contributed by atoms with Crippen molar-refractivity contribution < 1.29 is 0 Å². The Hall–Kier alpha value is -2.84. The Kier molecular flexibility index (Phi) is 6.06. The lowest BCUT2D eigenvalue weighted by Crippen LogP contribution is -2.47. The first kappa shape index (κ1) is 20.4. The molecule has 1 saturated heterocycles. The van der Waals surface area contributed by atoms with Gasteiger partial charge in [0.05, 0.1) is 10.4 Å². The Morgan fingerprint density at radius 2 is 1.93 bits per heavy atom. The molecule has 8 heteroatoms. The van der Waals surface area contributed by atoms with Crippen LogP contribution in [0.2, 0.25) is 0 Å². The molecule has 1 aliphatic rings. The summed E-state index contributed by atoms with van der Waals surface area (Å²) in [4.78, 5) is 25.6. The van der Waals surface area contributed by atoms with Crippen molar-refractivity contribution in [3.63, 3.8) is 0 Å². The highest BCUT2D eigenvalue weighted by molar-refractivity contribution is 7.13. The molecule has 3 aromatic rings. The number of nitrogens with zero attached hydrogens (tertiary/aromatic N) is 6. The average molecular weight is 423 g/mol. The second-order valence-corrected chi connectivity index (χ2v) is 8.28. The molecule has 1 fully saturated rings. The van der Waals surface area contributed by atoms with Crippen LogP contribution in [0.3, 0.4) is 0 Å². The zero-order valence-electron chi connectivity index (χ0n) is 17.4. The molecule has 0 amide bonds. The van der Waals surface area contributed by atoms with E-state index in [1.165, 1.54) is 10.1 Å². The number of piperazine rings is 1. The van der Waals surface area contributed by atoms with Gasteiger partial charge in [0.2, 0.25) is 0 Å². The Morgan fingerprint density at radius 1 is 1.17 bits per heavy atom. The molecule has 0 spiro atoms. The second-order valence-electron chi connectivity index (χ2n) is 7.47. The van der Waals surface area contributed by atoms with Gasteiger partial charge in [-0.3, -0.25) is 9.69 Å². The average Bonchev–Trinajstić information content (AvgIpc) is 3.21. The maximum atomic E-state index is 12.7. The fraction of sp³-hybridized carbons (Fsp3) is 0.364. The van der Waals surface area contributed by atoms with Gasteiger partial charge in [-0.1, -0.05) is 12.1 Å². The highest BCUT2D eigenvalue weighted by atomic mass is 32.1. The molecule has 7 nitrogen and oxygen atoms in total. The van der Waals surface area contributed by atoms with Crippen molar-refractivity contribution in [1.29, 1.82) is 0 Å². The number of aliphatic imine (C=N–C) groups is 2. The summed E-state index contributed by atoms with van der Waals surface area (Å²) in [5, 5.41) is 1.24. The van der Waals surface area contributed by atoms with Crippen LogP contribution >= 0.6 is 11.5 Å². The van der Waals surface area contributed by atoms with Gasteiger partial charge in [0, 0.05) is 56.4 Å². The van der Waals surface area contributed by atoms with Crippen molar-refractivity contribution in [2.75, 3.05) is 37.6 Å². The summed E-state index contributed by atoms with van der Waals surface area (Å²) in [7, 11) is 0. The molecule has 30 heavy (non-hydrogen) atoms. The van der Waals surface area contributed by atoms with Crippen molar-refractivity contribution in [2.45, 2.75) is 20.4 Å². The van der Waals surface area contributed by atoms with E-state index in [-0.39, 0.29) is 5.56 Å². The molecule has 1 aliphatic heterocycles. The summed E-state index contributed by atoms with van der Waals surface area (Å²) in [6.07, 6.45) is 1.82. The van der Waals surface area contributed by atoms with Gasteiger partial charge in [0.1, 0.15) is 11.7 Å². The lowest BCUT2D eigenvalue weighted by atomic mass is 10.2. The molecule has 2 aromatic heterocycles. The highest BCUT2D eigenvalue weighted by Crippen LogP contribution is 2.29. The third-order valence-electron chi connectivity index (χ3n) is 5.58. The SMILES string of the molecule is C=N/C(C)=N\c1ccn(CCN2CCN(c3nsc4ccccc34)CC2)c(=O)c1C. The van der Waals surface area contributed by atoms with E-state index in [9.17, 15) is 4.79 Å². The van der Waals surface area contributed by atoms with Crippen LogP contribution < -0.4 is 10.5 Å². The minimum absolute atomic E-state index is 0.000640. The molecule has 0 aliphatic carbocycles. The summed E-state index contributed by atoms with van der Waals surface area (Å²) in [6, 6.07) is 10.3.